The van der Waals surface area contributed by atoms with Crippen LogP contribution >= 0.6 is 0 Å². The summed E-state index contributed by atoms with van der Waals surface area (Å²) in [7, 11) is 3.87. The summed E-state index contributed by atoms with van der Waals surface area (Å²) in [6.07, 6.45) is 2.68. The van der Waals surface area contributed by atoms with Crippen molar-refractivity contribution < 1.29 is 19.4 Å². The van der Waals surface area contributed by atoms with Crippen molar-refractivity contribution in [1.82, 2.24) is 4.98 Å². The fourth-order valence-electron chi connectivity index (χ4n) is 4.71. The zero-order chi connectivity index (χ0) is 26.1. The quantitative estimate of drug-likeness (QED) is 0.197. The summed E-state index contributed by atoms with van der Waals surface area (Å²) < 4.78 is 5.65. The van der Waals surface area contributed by atoms with E-state index < -0.39 is 17.7 Å². The van der Waals surface area contributed by atoms with Gasteiger partial charge in [-0.15, -0.1) is 0 Å². The van der Waals surface area contributed by atoms with Crippen LogP contribution in [0.1, 0.15) is 30.5 Å². The van der Waals surface area contributed by atoms with Gasteiger partial charge >= 0.3 is 0 Å². The summed E-state index contributed by atoms with van der Waals surface area (Å²) in [4.78, 5) is 33.6. The normalized spacial score (nSPS) is 16.9. The van der Waals surface area contributed by atoms with Crippen LogP contribution in [0.25, 0.3) is 16.7 Å². The first-order valence-corrected chi connectivity index (χ1v) is 12.3. The number of anilines is 2. The van der Waals surface area contributed by atoms with Gasteiger partial charge < -0.3 is 19.7 Å². The van der Waals surface area contributed by atoms with Crippen LogP contribution < -0.4 is 14.5 Å². The van der Waals surface area contributed by atoms with Crippen LogP contribution in [-0.4, -0.2) is 42.5 Å². The molecule has 1 aliphatic rings. The van der Waals surface area contributed by atoms with Gasteiger partial charge in [-0.1, -0.05) is 25.1 Å². The fraction of sp³-hybridized carbons (Fsp3) is 0.200. The number of Topliss-reactive ketones (excluding diaryl/α,β-unsaturated/α-hetero) is 1. The van der Waals surface area contributed by atoms with E-state index in [-0.39, 0.29) is 11.3 Å². The van der Waals surface area contributed by atoms with Crippen LogP contribution in [0.4, 0.5) is 11.4 Å². The molecular formula is C30H29N3O4. The molecule has 37 heavy (non-hydrogen) atoms. The van der Waals surface area contributed by atoms with E-state index in [0.29, 0.717) is 23.6 Å². The molecule has 1 fully saturated rings. The van der Waals surface area contributed by atoms with Crippen molar-refractivity contribution >= 4 is 39.7 Å². The number of aliphatic hydroxyl groups is 1. The molecule has 4 aromatic rings. The number of hydrogen-bond acceptors (Lipinski definition) is 5. The van der Waals surface area contributed by atoms with Gasteiger partial charge in [0.25, 0.3) is 11.7 Å². The Morgan fingerprint density at radius 1 is 1.00 bits per heavy atom. The standard InChI is InChI=1S/C30H29N3O4/c1-4-17-37-22-15-9-19(10-16-22)28(34)26-27(24-18-31-25-8-6-5-7-23(24)25)33(30(36)29(26)35)21-13-11-20(12-14-21)32(2)3/h5-16,18,27,31,34H,4,17H2,1-3H3/b28-26+. The number of aromatic nitrogens is 1. The lowest BCUT2D eigenvalue weighted by atomic mass is 9.94. The van der Waals surface area contributed by atoms with Crippen molar-refractivity contribution in [3.63, 3.8) is 0 Å². The molecule has 0 bridgehead atoms. The van der Waals surface area contributed by atoms with Gasteiger partial charge in [0.15, 0.2) is 0 Å². The molecule has 7 heteroatoms. The van der Waals surface area contributed by atoms with Gasteiger partial charge in [0.2, 0.25) is 0 Å². The molecule has 7 nitrogen and oxygen atoms in total. The molecule has 2 heterocycles. The molecule has 1 saturated heterocycles. The Hall–Kier alpha value is -4.52. The first kappa shape index (κ1) is 24.2. The summed E-state index contributed by atoms with van der Waals surface area (Å²) >= 11 is 0. The minimum absolute atomic E-state index is 0.0497. The number of amides is 1. The van der Waals surface area contributed by atoms with Crippen LogP contribution in [0.15, 0.2) is 84.6 Å². The molecule has 0 spiro atoms. The van der Waals surface area contributed by atoms with Crippen LogP contribution in [0.3, 0.4) is 0 Å². The Kier molecular flexibility index (Phi) is 6.44. The lowest BCUT2D eigenvalue weighted by Crippen LogP contribution is -2.29. The molecule has 1 unspecified atom stereocenters. The highest BCUT2D eigenvalue weighted by molar-refractivity contribution is 6.51. The number of nitrogens with one attached hydrogen (secondary N) is 1. The van der Waals surface area contributed by atoms with Crippen LogP contribution in [0.5, 0.6) is 5.75 Å². The average Bonchev–Trinajstić information content (AvgIpc) is 3.45. The Morgan fingerprint density at radius 3 is 2.38 bits per heavy atom. The fourth-order valence-corrected chi connectivity index (χ4v) is 4.71. The number of aliphatic hydroxyl groups excluding tert-OH is 1. The van der Waals surface area contributed by atoms with Crippen molar-refractivity contribution in [3.8, 4) is 5.75 Å². The van der Waals surface area contributed by atoms with E-state index >= 15 is 0 Å². The number of rotatable bonds is 7. The first-order valence-electron chi connectivity index (χ1n) is 12.3. The van der Waals surface area contributed by atoms with E-state index in [4.69, 9.17) is 4.74 Å². The van der Waals surface area contributed by atoms with Gasteiger partial charge in [-0.3, -0.25) is 14.5 Å². The van der Waals surface area contributed by atoms with Crippen molar-refractivity contribution in [2.75, 3.05) is 30.5 Å². The third-order valence-corrected chi connectivity index (χ3v) is 6.61. The maximum Gasteiger partial charge on any atom is 0.300 e. The van der Waals surface area contributed by atoms with Crippen molar-refractivity contribution in [1.29, 1.82) is 0 Å². The van der Waals surface area contributed by atoms with Gasteiger partial charge in [0.1, 0.15) is 11.5 Å². The second-order valence-electron chi connectivity index (χ2n) is 9.24. The van der Waals surface area contributed by atoms with E-state index in [1.807, 2.05) is 74.4 Å². The number of nitrogens with zero attached hydrogens (tertiary/aromatic N) is 2. The van der Waals surface area contributed by atoms with Gasteiger partial charge in [-0.2, -0.15) is 0 Å². The Balaban J connectivity index is 1.66. The summed E-state index contributed by atoms with van der Waals surface area (Å²) in [5.41, 5.74) is 3.64. The molecule has 0 saturated carbocycles. The smallest absolute Gasteiger partial charge is 0.300 e. The largest absolute Gasteiger partial charge is 0.507 e. The monoisotopic (exact) mass is 495 g/mol. The molecule has 0 aliphatic carbocycles. The number of ether oxygens (including phenoxy) is 1. The number of fused-ring (bicyclic) bond motifs is 1. The third kappa shape index (κ3) is 4.33. The molecule has 188 valence electrons. The predicted molar refractivity (Wildman–Crippen MR) is 146 cm³/mol. The maximum atomic E-state index is 13.5. The Bertz CT molecular complexity index is 1480. The SMILES string of the molecule is CCCOc1ccc(/C(O)=C2\C(=O)C(=O)N(c3ccc(N(C)C)cc3)C2c2c[nH]c3ccccc23)cc1. The molecule has 0 radical (unpaired) electrons. The van der Waals surface area contributed by atoms with E-state index in [1.165, 1.54) is 4.90 Å². The third-order valence-electron chi connectivity index (χ3n) is 6.61. The lowest BCUT2D eigenvalue weighted by molar-refractivity contribution is -0.132. The topological polar surface area (TPSA) is 85.9 Å². The predicted octanol–water partition coefficient (Wildman–Crippen LogP) is 5.65. The number of carbonyl (C=O) groups excluding carboxylic acids is 2. The van der Waals surface area contributed by atoms with E-state index in [9.17, 15) is 14.7 Å². The lowest BCUT2D eigenvalue weighted by Gasteiger charge is -2.25. The van der Waals surface area contributed by atoms with Gasteiger partial charge in [-0.05, 0) is 61.0 Å². The van der Waals surface area contributed by atoms with Crippen LogP contribution in [0.2, 0.25) is 0 Å². The zero-order valence-corrected chi connectivity index (χ0v) is 21.1. The van der Waals surface area contributed by atoms with Crippen molar-refractivity contribution in [2.45, 2.75) is 19.4 Å². The highest BCUT2D eigenvalue weighted by Crippen LogP contribution is 2.44. The summed E-state index contributed by atoms with van der Waals surface area (Å²) in [6.45, 7) is 2.61. The number of H-pyrrole nitrogens is 1. The highest BCUT2D eigenvalue weighted by Gasteiger charge is 2.47. The molecular weight excluding hydrogens is 466 g/mol. The molecule has 1 atom stereocenters. The number of ketones is 1. The minimum atomic E-state index is -0.808. The summed E-state index contributed by atoms with van der Waals surface area (Å²) in [5.74, 6) is -0.954. The van der Waals surface area contributed by atoms with E-state index in [0.717, 1.165) is 28.6 Å². The molecule has 1 aliphatic heterocycles. The average molecular weight is 496 g/mol. The molecule has 3 aromatic carbocycles. The minimum Gasteiger partial charge on any atom is -0.507 e. The highest BCUT2D eigenvalue weighted by atomic mass is 16.5. The first-order chi connectivity index (χ1) is 17.9. The van der Waals surface area contributed by atoms with Crippen LogP contribution in [0, 0.1) is 0 Å². The van der Waals surface area contributed by atoms with Crippen LogP contribution in [-0.2, 0) is 9.59 Å². The molecule has 1 aromatic heterocycles. The van der Waals surface area contributed by atoms with E-state index in [2.05, 4.69) is 4.98 Å². The molecule has 5 rings (SSSR count). The number of hydrogen-bond donors (Lipinski definition) is 2. The number of benzene rings is 3. The number of carbonyl (C=O) groups is 2. The Labute approximate surface area is 215 Å². The van der Waals surface area contributed by atoms with Gasteiger partial charge in [-0.25, -0.2) is 0 Å². The number of aromatic amines is 1. The Morgan fingerprint density at radius 2 is 1.70 bits per heavy atom. The number of para-hydroxylation sites is 1. The van der Waals surface area contributed by atoms with Gasteiger partial charge in [0, 0.05) is 53.7 Å². The summed E-state index contributed by atoms with van der Waals surface area (Å²) in [6, 6.07) is 21.2. The van der Waals surface area contributed by atoms with E-state index in [1.54, 1.807) is 30.5 Å². The molecule has 1 amide bonds. The second-order valence-corrected chi connectivity index (χ2v) is 9.24. The van der Waals surface area contributed by atoms with Crippen molar-refractivity contribution in [3.05, 3.63) is 95.7 Å². The van der Waals surface area contributed by atoms with Crippen molar-refractivity contribution in [2.24, 2.45) is 0 Å². The second kappa shape index (κ2) is 9.85. The van der Waals surface area contributed by atoms with Gasteiger partial charge in [0.05, 0.1) is 18.2 Å². The maximum absolute atomic E-state index is 13.5. The zero-order valence-electron chi connectivity index (χ0n) is 21.1. The molecule has 2 N–H and O–H groups in total. The summed E-state index contributed by atoms with van der Waals surface area (Å²) in [5, 5.41) is 12.3.